The summed E-state index contributed by atoms with van der Waals surface area (Å²) in [5, 5.41) is 6.18. The molecule has 0 aliphatic carbocycles. The van der Waals surface area contributed by atoms with Crippen molar-refractivity contribution in [2.45, 2.75) is 6.54 Å². The van der Waals surface area contributed by atoms with Gasteiger partial charge in [-0.05, 0) is 35.9 Å². The van der Waals surface area contributed by atoms with Crippen LogP contribution >= 0.6 is 0 Å². The first kappa shape index (κ1) is 17.5. The van der Waals surface area contributed by atoms with Gasteiger partial charge < -0.3 is 15.5 Å². The fourth-order valence-corrected chi connectivity index (χ4v) is 2.53. The largest absolute Gasteiger partial charge is 0.378 e. The number of carbonyl (C=O) groups excluding carboxylic acids is 1. The number of amides is 1. The lowest BCUT2D eigenvalue weighted by Crippen LogP contribution is -2.22. The molecule has 1 heterocycles. The number of hydrogen-bond donors (Lipinski definition) is 2. The number of anilines is 3. The average Bonchev–Trinajstić information content (AvgIpc) is 2.67. The third-order valence-electron chi connectivity index (χ3n) is 3.95. The van der Waals surface area contributed by atoms with Crippen molar-refractivity contribution in [3.8, 4) is 0 Å². The fraction of sp³-hybridized carbons (Fsp3) is 0.143. The lowest BCUT2D eigenvalue weighted by molar-refractivity contribution is 0.0951. The molecule has 0 spiro atoms. The van der Waals surface area contributed by atoms with Gasteiger partial charge in [0.1, 0.15) is 5.82 Å². The van der Waals surface area contributed by atoms with Crippen LogP contribution in [-0.4, -0.2) is 25.0 Å². The Labute approximate surface area is 153 Å². The summed E-state index contributed by atoms with van der Waals surface area (Å²) in [4.78, 5) is 18.7. The van der Waals surface area contributed by atoms with Crippen LogP contribution in [-0.2, 0) is 6.54 Å². The molecule has 0 fully saturated rings. The van der Waals surface area contributed by atoms with E-state index in [1.54, 1.807) is 18.3 Å². The normalized spacial score (nSPS) is 10.2. The van der Waals surface area contributed by atoms with E-state index < -0.39 is 0 Å². The standard InChI is InChI=1S/C21H22N4O/c1-25(2)19-10-6-9-18(14-19)24-20-13-17(11-12-22-20)21(26)23-15-16-7-4-3-5-8-16/h3-14H,15H2,1-2H3,(H,22,24)(H,23,26). The summed E-state index contributed by atoms with van der Waals surface area (Å²) in [6.07, 6.45) is 1.63. The second-order valence-corrected chi connectivity index (χ2v) is 6.17. The number of rotatable bonds is 6. The van der Waals surface area contributed by atoms with Gasteiger partial charge in [0.05, 0.1) is 0 Å². The summed E-state index contributed by atoms with van der Waals surface area (Å²) in [5.41, 5.74) is 3.65. The number of benzene rings is 2. The molecule has 1 amide bonds. The molecule has 132 valence electrons. The van der Waals surface area contributed by atoms with Gasteiger partial charge >= 0.3 is 0 Å². The smallest absolute Gasteiger partial charge is 0.251 e. The lowest BCUT2D eigenvalue weighted by Gasteiger charge is -2.14. The van der Waals surface area contributed by atoms with Crippen molar-refractivity contribution in [3.05, 3.63) is 84.1 Å². The molecule has 0 aliphatic heterocycles. The van der Waals surface area contributed by atoms with Crippen LogP contribution in [0.15, 0.2) is 72.9 Å². The molecule has 5 heteroatoms. The number of aromatic nitrogens is 1. The highest BCUT2D eigenvalue weighted by Crippen LogP contribution is 2.21. The van der Waals surface area contributed by atoms with Crippen LogP contribution in [0.5, 0.6) is 0 Å². The van der Waals surface area contributed by atoms with Gasteiger partial charge in [0.15, 0.2) is 0 Å². The molecule has 0 saturated heterocycles. The third kappa shape index (κ3) is 4.60. The molecule has 0 bridgehead atoms. The number of carbonyl (C=O) groups is 1. The number of nitrogens with one attached hydrogen (secondary N) is 2. The minimum absolute atomic E-state index is 0.124. The van der Waals surface area contributed by atoms with Crippen molar-refractivity contribution in [1.29, 1.82) is 0 Å². The minimum Gasteiger partial charge on any atom is -0.378 e. The summed E-state index contributed by atoms with van der Waals surface area (Å²) in [5.74, 6) is 0.509. The maximum absolute atomic E-state index is 12.4. The highest BCUT2D eigenvalue weighted by atomic mass is 16.1. The molecule has 3 rings (SSSR count). The topological polar surface area (TPSA) is 57.3 Å². The average molecular weight is 346 g/mol. The molecule has 3 aromatic rings. The Morgan fingerprint density at radius 1 is 1.00 bits per heavy atom. The van der Waals surface area contributed by atoms with Crippen molar-refractivity contribution in [3.63, 3.8) is 0 Å². The van der Waals surface area contributed by atoms with E-state index in [1.165, 1.54) is 0 Å². The van der Waals surface area contributed by atoms with Crippen LogP contribution in [0, 0.1) is 0 Å². The second-order valence-electron chi connectivity index (χ2n) is 6.17. The van der Waals surface area contributed by atoms with E-state index in [0.29, 0.717) is 17.9 Å². The van der Waals surface area contributed by atoms with E-state index >= 15 is 0 Å². The van der Waals surface area contributed by atoms with Crippen LogP contribution in [0.3, 0.4) is 0 Å². The maximum Gasteiger partial charge on any atom is 0.251 e. The molecule has 0 atom stereocenters. The summed E-state index contributed by atoms with van der Waals surface area (Å²) in [7, 11) is 3.99. The van der Waals surface area contributed by atoms with Crippen molar-refractivity contribution in [2.24, 2.45) is 0 Å². The zero-order valence-corrected chi connectivity index (χ0v) is 14.9. The van der Waals surface area contributed by atoms with Gasteiger partial charge in [-0.1, -0.05) is 36.4 Å². The van der Waals surface area contributed by atoms with E-state index in [4.69, 9.17) is 0 Å². The number of hydrogen-bond acceptors (Lipinski definition) is 4. The molecule has 2 aromatic carbocycles. The van der Waals surface area contributed by atoms with Gasteiger partial charge in [0.2, 0.25) is 0 Å². The number of pyridine rings is 1. The van der Waals surface area contributed by atoms with E-state index in [9.17, 15) is 4.79 Å². The van der Waals surface area contributed by atoms with Gasteiger partial charge in [0.25, 0.3) is 5.91 Å². The highest BCUT2D eigenvalue weighted by Gasteiger charge is 2.07. The van der Waals surface area contributed by atoms with Crippen LogP contribution in [0.4, 0.5) is 17.2 Å². The molecule has 0 saturated carbocycles. The van der Waals surface area contributed by atoms with Gasteiger partial charge in [-0.15, -0.1) is 0 Å². The Bertz CT molecular complexity index is 878. The Morgan fingerprint density at radius 3 is 2.58 bits per heavy atom. The lowest BCUT2D eigenvalue weighted by atomic mass is 10.2. The minimum atomic E-state index is -0.124. The quantitative estimate of drug-likeness (QED) is 0.712. The van der Waals surface area contributed by atoms with Crippen LogP contribution in [0.1, 0.15) is 15.9 Å². The van der Waals surface area contributed by atoms with Crippen molar-refractivity contribution in [1.82, 2.24) is 10.3 Å². The van der Waals surface area contributed by atoms with E-state index in [-0.39, 0.29) is 5.91 Å². The first-order valence-electron chi connectivity index (χ1n) is 8.44. The van der Waals surface area contributed by atoms with Crippen LogP contribution in [0.2, 0.25) is 0 Å². The maximum atomic E-state index is 12.4. The van der Waals surface area contributed by atoms with Gasteiger partial charge in [0, 0.05) is 43.8 Å². The Kier molecular flexibility index (Phi) is 5.49. The predicted octanol–water partition coefficient (Wildman–Crippen LogP) is 3.82. The highest BCUT2D eigenvalue weighted by molar-refractivity contribution is 5.94. The van der Waals surface area contributed by atoms with Crippen LogP contribution < -0.4 is 15.5 Å². The Balaban J connectivity index is 1.68. The summed E-state index contributed by atoms with van der Waals surface area (Å²) >= 11 is 0. The summed E-state index contributed by atoms with van der Waals surface area (Å²) in [6.45, 7) is 0.496. The molecular weight excluding hydrogens is 324 g/mol. The van der Waals surface area contributed by atoms with Crippen molar-refractivity contribution in [2.75, 3.05) is 24.3 Å². The molecule has 0 aliphatic rings. The SMILES string of the molecule is CN(C)c1cccc(Nc2cc(C(=O)NCc3ccccc3)ccn2)c1. The molecule has 0 radical (unpaired) electrons. The van der Waals surface area contributed by atoms with E-state index in [2.05, 4.69) is 15.6 Å². The van der Waals surface area contributed by atoms with Gasteiger partial charge in [-0.2, -0.15) is 0 Å². The molecule has 0 unspecified atom stereocenters. The van der Waals surface area contributed by atoms with Crippen molar-refractivity contribution < 1.29 is 4.79 Å². The number of nitrogens with zero attached hydrogens (tertiary/aromatic N) is 2. The van der Waals surface area contributed by atoms with Crippen molar-refractivity contribution >= 4 is 23.1 Å². The molecule has 1 aromatic heterocycles. The molecular formula is C21H22N4O. The Hall–Kier alpha value is -3.34. The summed E-state index contributed by atoms with van der Waals surface area (Å²) < 4.78 is 0. The third-order valence-corrected chi connectivity index (χ3v) is 3.95. The zero-order valence-electron chi connectivity index (χ0n) is 14.9. The molecule has 26 heavy (non-hydrogen) atoms. The first-order valence-corrected chi connectivity index (χ1v) is 8.44. The molecule has 5 nitrogen and oxygen atoms in total. The monoisotopic (exact) mass is 346 g/mol. The van der Waals surface area contributed by atoms with Crippen LogP contribution in [0.25, 0.3) is 0 Å². The van der Waals surface area contributed by atoms with Gasteiger partial charge in [-0.25, -0.2) is 4.98 Å². The summed E-state index contributed by atoms with van der Waals surface area (Å²) in [6, 6.07) is 21.3. The second kappa shape index (κ2) is 8.16. The first-order chi connectivity index (χ1) is 12.6. The fourth-order valence-electron chi connectivity index (χ4n) is 2.53. The van der Waals surface area contributed by atoms with Gasteiger partial charge in [-0.3, -0.25) is 4.79 Å². The van der Waals surface area contributed by atoms with E-state index in [0.717, 1.165) is 16.9 Å². The molecule has 2 N–H and O–H groups in total. The Morgan fingerprint density at radius 2 is 1.81 bits per heavy atom. The zero-order chi connectivity index (χ0) is 18.4. The predicted molar refractivity (Wildman–Crippen MR) is 106 cm³/mol. The van der Waals surface area contributed by atoms with E-state index in [1.807, 2.05) is 73.6 Å².